The first-order valence-electron chi connectivity index (χ1n) is 18.4. The van der Waals surface area contributed by atoms with Crippen LogP contribution in [-0.4, -0.2) is 12.3 Å². The number of aromatic nitrogens is 1. The molecular weight excluding hydrogens is 659 g/mol. The first kappa shape index (κ1) is 29.2. The third kappa shape index (κ3) is 3.83. The fourth-order valence-electron chi connectivity index (χ4n) is 9.79. The Bertz CT molecular complexity index is 3060. The van der Waals surface area contributed by atoms with Gasteiger partial charge in [0, 0.05) is 32.4 Å². The lowest BCUT2D eigenvalue weighted by Gasteiger charge is -2.49. The van der Waals surface area contributed by atoms with Crippen LogP contribution in [0, 0.1) is 0 Å². The number of aromatic amines is 1. The highest BCUT2D eigenvalue weighted by atomic mass is 32.1. The van der Waals surface area contributed by atoms with Gasteiger partial charge in [-0.25, -0.2) is 0 Å². The molecule has 2 aliphatic heterocycles. The van der Waals surface area contributed by atoms with Crippen LogP contribution >= 0.6 is 11.3 Å². The van der Waals surface area contributed by atoms with Gasteiger partial charge in [-0.15, -0.1) is 11.3 Å². The lowest BCUT2D eigenvalue weighted by molar-refractivity contribution is 0.732. The summed E-state index contributed by atoms with van der Waals surface area (Å²) in [5.41, 5.74) is 16.2. The summed E-state index contributed by atoms with van der Waals surface area (Å²) in [7, 11) is 0.839. The first-order valence-corrected chi connectivity index (χ1v) is 19.2. The van der Waals surface area contributed by atoms with Crippen LogP contribution in [0.4, 0.5) is 17.1 Å². The largest absolute Gasteiger partial charge is 0.353 e. The van der Waals surface area contributed by atoms with Crippen molar-refractivity contribution in [3.63, 3.8) is 0 Å². The molecule has 0 atom stereocenters. The molecular formula is C49H31BN2S. The minimum Gasteiger partial charge on any atom is -0.353 e. The third-order valence-corrected chi connectivity index (χ3v) is 13.1. The second-order valence-corrected chi connectivity index (χ2v) is 15.5. The molecule has 0 radical (unpaired) electrons. The summed E-state index contributed by atoms with van der Waals surface area (Å²) in [5.74, 6) is 0. The molecule has 0 saturated carbocycles. The van der Waals surface area contributed by atoms with Crippen molar-refractivity contribution in [2.24, 2.45) is 0 Å². The fourth-order valence-corrected chi connectivity index (χ4v) is 11.0. The SMILES string of the molecule is B1c2cccc3c2N(c2ccccc2C3(c2ccccc2)c2ccccc2)c2cc3ccccc3c(-c3cccc4c3[nH]c3c5ccccc5sc43)c21. The van der Waals surface area contributed by atoms with Crippen molar-refractivity contribution in [1.29, 1.82) is 0 Å². The molecule has 10 aromatic rings. The predicted octanol–water partition coefficient (Wildman–Crippen LogP) is 11.2. The summed E-state index contributed by atoms with van der Waals surface area (Å²) in [4.78, 5) is 6.56. The van der Waals surface area contributed by atoms with Gasteiger partial charge in [0.25, 0.3) is 0 Å². The second-order valence-electron chi connectivity index (χ2n) is 14.5. The van der Waals surface area contributed by atoms with Crippen molar-refractivity contribution in [2.45, 2.75) is 5.41 Å². The topological polar surface area (TPSA) is 19.0 Å². The summed E-state index contributed by atoms with van der Waals surface area (Å²) in [6, 6.07) is 65.5. The highest BCUT2D eigenvalue weighted by Crippen LogP contribution is 2.58. The Morgan fingerprint density at radius 1 is 0.528 bits per heavy atom. The zero-order valence-electron chi connectivity index (χ0n) is 28.8. The Hall–Kier alpha value is -6.36. The molecule has 0 fully saturated rings. The lowest BCUT2D eigenvalue weighted by atomic mass is 9.54. The van der Waals surface area contributed by atoms with Crippen LogP contribution in [0.1, 0.15) is 22.3 Å². The van der Waals surface area contributed by atoms with Crippen molar-refractivity contribution in [3.8, 4) is 11.1 Å². The van der Waals surface area contributed by atoms with Crippen molar-refractivity contribution >= 4 is 88.6 Å². The van der Waals surface area contributed by atoms with E-state index in [1.165, 1.54) is 103 Å². The minimum absolute atomic E-state index is 0.484. The van der Waals surface area contributed by atoms with Gasteiger partial charge in [-0.3, -0.25) is 0 Å². The van der Waals surface area contributed by atoms with E-state index < -0.39 is 5.41 Å². The molecule has 1 N–H and O–H groups in total. The van der Waals surface area contributed by atoms with Crippen molar-refractivity contribution in [3.05, 3.63) is 198 Å². The maximum absolute atomic E-state index is 3.96. The van der Waals surface area contributed by atoms with E-state index in [2.05, 4.69) is 186 Å². The van der Waals surface area contributed by atoms with Crippen LogP contribution in [0.15, 0.2) is 176 Å². The zero-order valence-corrected chi connectivity index (χ0v) is 29.6. The number of anilines is 3. The predicted molar refractivity (Wildman–Crippen MR) is 227 cm³/mol. The molecule has 0 aliphatic carbocycles. The highest BCUT2D eigenvalue weighted by molar-refractivity contribution is 7.26. The van der Waals surface area contributed by atoms with Gasteiger partial charge in [0.15, 0.2) is 7.28 Å². The van der Waals surface area contributed by atoms with Crippen LogP contribution in [0.25, 0.3) is 53.1 Å². The van der Waals surface area contributed by atoms with Crippen LogP contribution in [0.2, 0.25) is 0 Å². The fraction of sp³-hybridized carbons (Fsp3) is 0.0204. The smallest absolute Gasteiger partial charge is 0.198 e. The van der Waals surface area contributed by atoms with E-state index >= 15 is 0 Å². The standard InChI is InChI=1S/C49H31BN2S/c1-3-16-31(17-4-1)49(32-18-5-2-6-19-32)37-24-10-11-27-40(37)52-41-29-30-15-7-8-20-33(30)43(44(41)50-39-26-14-25-38(49)47(39)52)35-22-13-23-36-45(35)51-46-34-21-9-12-28-42(34)53-48(36)46/h1-29,50-51H. The van der Waals surface area contributed by atoms with E-state index in [4.69, 9.17) is 0 Å². The summed E-state index contributed by atoms with van der Waals surface area (Å²) in [5, 5.41) is 5.12. The number of rotatable bonds is 3. The van der Waals surface area contributed by atoms with Gasteiger partial charge in [0.1, 0.15) is 0 Å². The Balaban J connectivity index is 1.19. The van der Waals surface area contributed by atoms with E-state index in [0.717, 1.165) is 7.28 Å². The van der Waals surface area contributed by atoms with Crippen LogP contribution in [0.5, 0.6) is 0 Å². The number of H-pyrrole nitrogens is 1. The summed E-state index contributed by atoms with van der Waals surface area (Å²) in [6.07, 6.45) is 0. The van der Waals surface area contributed by atoms with Crippen LogP contribution in [0.3, 0.4) is 0 Å². The molecule has 2 aromatic heterocycles. The van der Waals surface area contributed by atoms with Gasteiger partial charge in [-0.2, -0.15) is 0 Å². The van der Waals surface area contributed by atoms with Crippen LogP contribution in [-0.2, 0) is 5.41 Å². The van der Waals surface area contributed by atoms with Crippen LogP contribution < -0.4 is 15.8 Å². The van der Waals surface area contributed by atoms with E-state index in [9.17, 15) is 0 Å². The molecule has 53 heavy (non-hydrogen) atoms. The average molecular weight is 691 g/mol. The number of para-hydroxylation sites is 3. The Kier molecular flexibility index (Phi) is 5.98. The molecule has 246 valence electrons. The number of hydrogen-bond acceptors (Lipinski definition) is 2. The molecule has 0 bridgehead atoms. The number of benzene rings is 8. The lowest BCUT2D eigenvalue weighted by Crippen LogP contribution is -2.47. The number of nitrogens with zero attached hydrogens (tertiary/aromatic N) is 1. The third-order valence-electron chi connectivity index (χ3n) is 11.9. The number of hydrogen-bond donors (Lipinski definition) is 1. The molecule has 0 saturated heterocycles. The summed E-state index contributed by atoms with van der Waals surface area (Å²) in [6.45, 7) is 0. The van der Waals surface area contributed by atoms with Gasteiger partial charge in [0.05, 0.1) is 26.8 Å². The minimum atomic E-state index is -0.484. The monoisotopic (exact) mass is 690 g/mol. The first-order chi connectivity index (χ1) is 26.3. The maximum Gasteiger partial charge on any atom is 0.198 e. The number of fused-ring (bicyclic) bond motifs is 10. The zero-order chi connectivity index (χ0) is 34.7. The second kappa shape index (κ2) is 10.8. The van der Waals surface area contributed by atoms with Crippen molar-refractivity contribution < 1.29 is 0 Å². The Morgan fingerprint density at radius 3 is 2.02 bits per heavy atom. The molecule has 2 nitrogen and oxygen atoms in total. The maximum atomic E-state index is 3.96. The van der Waals surface area contributed by atoms with Crippen molar-refractivity contribution in [2.75, 3.05) is 4.90 Å². The summed E-state index contributed by atoms with van der Waals surface area (Å²) < 4.78 is 2.65. The quantitative estimate of drug-likeness (QED) is 0.183. The molecule has 4 heterocycles. The summed E-state index contributed by atoms with van der Waals surface area (Å²) >= 11 is 1.89. The Morgan fingerprint density at radius 2 is 1.19 bits per heavy atom. The van der Waals surface area contributed by atoms with E-state index in [1.54, 1.807) is 0 Å². The average Bonchev–Trinajstić information content (AvgIpc) is 3.77. The molecule has 8 aromatic carbocycles. The molecule has 4 heteroatoms. The molecule has 0 spiro atoms. The molecule has 0 unspecified atom stereocenters. The van der Waals surface area contributed by atoms with E-state index in [0.29, 0.717) is 0 Å². The molecule has 0 amide bonds. The van der Waals surface area contributed by atoms with E-state index in [1.807, 2.05) is 11.3 Å². The Labute approximate surface area is 311 Å². The molecule has 12 rings (SSSR count). The van der Waals surface area contributed by atoms with Gasteiger partial charge in [-0.05, 0) is 62.3 Å². The van der Waals surface area contributed by atoms with Gasteiger partial charge in [0.2, 0.25) is 0 Å². The van der Waals surface area contributed by atoms with Gasteiger partial charge in [-0.1, -0.05) is 163 Å². The van der Waals surface area contributed by atoms with Crippen molar-refractivity contribution in [1.82, 2.24) is 4.98 Å². The molecule has 2 aliphatic rings. The van der Waals surface area contributed by atoms with Gasteiger partial charge >= 0.3 is 0 Å². The number of nitrogens with one attached hydrogen (secondary N) is 1. The normalized spacial score (nSPS) is 13.9. The van der Waals surface area contributed by atoms with Gasteiger partial charge < -0.3 is 9.88 Å². The number of thiophene rings is 1. The van der Waals surface area contributed by atoms with E-state index in [-0.39, 0.29) is 0 Å². The highest BCUT2D eigenvalue weighted by Gasteiger charge is 2.48.